The second-order valence-corrected chi connectivity index (χ2v) is 8.65. The van der Waals surface area contributed by atoms with E-state index in [0.29, 0.717) is 51.4 Å². The highest BCUT2D eigenvalue weighted by Gasteiger charge is 2.31. The number of hydrogen-bond donors (Lipinski definition) is 1. The summed E-state index contributed by atoms with van der Waals surface area (Å²) >= 11 is 0. The first-order valence-electron chi connectivity index (χ1n) is 11.0. The average molecular weight is 460 g/mol. The van der Waals surface area contributed by atoms with Crippen LogP contribution >= 0.6 is 0 Å². The van der Waals surface area contributed by atoms with E-state index in [9.17, 15) is 22.4 Å². The number of aromatic amines is 1. The second kappa shape index (κ2) is 8.37. The number of H-pyrrole nitrogens is 1. The van der Waals surface area contributed by atoms with Crippen molar-refractivity contribution in [3.8, 4) is 0 Å². The number of hydrogen-bond acceptors (Lipinski definition) is 3. The minimum atomic E-state index is -4.37. The molecule has 1 saturated heterocycles. The summed E-state index contributed by atoms with van der Waals surface area (Å²) in [5.74, 6) is -0.287. The maximum absolute atomic E-state index is 13.7. The average Bonchev–Trinajstić information content (AvgIpc) is 3.16. The van der Waals surface area contributed by atoms with E-state index in [1.165, 1.54) is 24.3 Å². The molecule has 2 aliphatic rings. The fourth-order valence-electron chi connectivity index (χ4n) is 4.73. The number of carbonyl (C=O) groups excluding carboxylic acids is 1. The highest BCUT2D eigenvalue weighted by atomic mass is 19.4. The van der Waals surface area contributed by atoms with Crippen LogP contribution in [0.5, 0.6) is 0 Å². The lowest BCUT2D eigenvalue weighted by Gasteiger charge is -2.37. The number of rotatable bonds is 3. The Kier molecular flexibility index (Phi) is 5.52. The molecule has 3 heterocycles. The molecule has 5 rings (SSSR count). The summed E-state index contributed by atoms with van der Waals surface area (Å²) in [5, 5.41) is 0.817. The number of carbonyl (C=O) groups is 1. The second-order valence-electron chi connectivity index (χ2n) is 8.65. The molecule has 0 bridgehead atoms. The molecule has 2 aromatic carbocycles. The Bertz CT molecular complexity index is 1180. The number of benzene rings is 2. The molecule has 0 spiro atoms. The van der Waals surface area contributed by atoms with Crippen molar-refractivity contribution in [3.05, 3.63) is 65.1 Å². The van der Waals surface area contributed by atoms with Gasteiger partial charge in [0.1, 0.15) is 5.82 Å². The first-order valence-corrected chi connectivity index (χ1v) is 11.0. The number of halogens is 4. The van der Waals surface area contributed by atoms with Gasteiger partial charge in [-0.25, -0.2) is 4.39 Å². The number of anilines is 1. The third-order valence-electron chi connectivity index (χ3n) is 6.56. The number of amides is 1. The van der Waals surface area contributed by atoms with Crippen molar-refractivity contribution in [2.45, 2.75) is 19.1 Å². The van der Waals surface area contributed by atoms with Crippen LogP contribution in [-0.4, -0.2) is 60.0 Å². The number of piperazine rings is 1. The van der Waals surface area contributed by atoms with Crippen LogP contribution in [0, 0.1) is 5.82 Å². The van der Waals surface area contributed by atoms with Gasteiger partial charge in [0.2, 0.25) is 5.91 Å². The summed E-state index contributed by atoms with van der Waals surface area (Å²) in [4.78, 5) is 22.1. The smallest absolute Gasteiger partial charge is 0.369 e. The third-order valence-corrected chi connectivity index (χ3v) is 6.56. The van der Waals surface area contributed by atoms with Gasteiger partial charge in [-0.05, 0) is 36.4 Å². The Hall–Kier alpha value is -3.07. The van der Waals surface area contributed by atoms with Gasteiger partial charge in [-0.1, -0.05) is 6.07 Å². The van der Waals surface area contributed by atoms with Gasteiger partial charge in [-0.2, -0.15) is 13.2 Å². The highest BCUT2D eigenvalue weighted by molar-refractivity contribution is 5.86. The number of aromatic nitrogens is 1. The number of alkyl halides is 3. The summed E-state index contributed by atoms with van der Waals surface area (Å²) in [6, 6.07) is 10.0. The van der Waals surface area contributed by atoms with Crippen LogP contribution in [0.3, 0.4) is 0 Å². The molecule has 1 N–H and O–H groups in total. The lowest BCUT2D eigenvalue weighted by atomic mass is 10.0. The van der Waals surface area contributed by atoms with Crippen molar-refractivity contribution in [2.75, 3.05) is 44.2 Å². The standard InChI is InChI=1S/C24H24F4N4O/c25-17-4-5-21-19(13-17)20-14-32(7-6-22(20)29-21)23(33)15-30-8-10-31(11-9-30)18-3-1-2-16(12-18)24(26,27)28/h1-5,12-13,29H,6-11,14-15H2. The molecule has 9 heteroatoms. The number of fused-ring (bicyclic) bond motifs is 3. The summed E-state index contributed by atoms with van der Waals surface area (Å²) < 4.78 is 52.7. The summed E-state index contributed by atoms with van der Waals surface area (Å²) in [6.07, 6.45) is -3.67. The predicted octanol–water partition coefficient (Wildman–Crippen LogP) is 4.03. The molecule has 0 saturated carbocycles. The highest BCUT2D eigenvalue weighted by Crippen LogP contribution is 2.32. The Morgan fingerprint density at radius 1 is 1.00 bits per heavy atom. The molecule has 33 heavy (non-hydrogen) atoms. The maximum atomic E-state index is 13.7. The third kappa shape index (κ3) is 4.42. The quantitative estimate of drug-likeness (QED) is 0.601. The van der Waals surface area contributed by atoms with Crippen LogP contribution in [0.25, 0.3) is 10.9 Å². The molecule has 0 atom stereocenters. The Balaban J connectivity index is 1.19. The van der Waals surface area contributed by atoms with Crippen LogP contribution in [-0.2, 0) is 23.9 Å². The zero-order valence-electron chi connectivity index (χ0n) is 18.0. The van der Waals surface area contributed by atoms with Gasteiger partial charge >= 0.3 is 6.18 Å². The first kappa shape index (κ1) is 21.8. The van der Waals surface area contributed by atoms with E-state index in [2.05, 4.69) is 4.98 Å². The number of nitrogens with zero attached hydrogens (tertiary/aromatic N) is 3. The van der Waals surface area contributed by atoms with Crippen molar-refractivity contribution in [3.63, 3.8) is 0 Å². The minimum Gasteiger partial charge on any atom is -0.369 e. The van der Waals surface area contributed by atoms with Crippen LogP contribution in [0.1, 0.15) is 16.8 Å². The van der Waals surface area contributed by atoms with E-state index in [4.69, 9.17) is 0 Å². The lowest BCUT2D eigenvalue weighted by Crippen LogP contribution is -2.50. The van der Waals surface area contributed by atoms with Crippen molar-refractivity contribution in [2.24, 2.45) is 0 Å². The predicted molar refractivity (Wildman–Crippen MR) is 117 cm³/mol. The first-order chi connectivity index (χ1) is 15.8. The maximum Gasteiger partial charge on any atom is 0.416 e. The molecular formula is C24H24F4N4O. The molecule has 1 amide bonds. The van der Waals surface area contributed by atoms with Gasteiger partial charge in [-0.3, -0.25) is 9.69 Å². The zero-order chi connectivity index (χ0) is 23.2. The SMILES string of the molecule is O=C(CN1CCN(c2cccc(C(F)(F)F)c2)CC1)N1CCc2[nH]c3ccc(F)cc3c2C1. The molecule has 0 aliphatic carbocycles. The van der Waals surface area contributed by atoms with E-state index in [0.717, 1.165) is 28.2 Å². The Morgan fingerprint density at radius 2 is 1.79 bits per heavy atom. The molecule has 0 unspecified atom stereocenters. The van der Waals surface area contributed by atoms with Crippen molar-refractivity contribution >= 4 is 22.5 Å². The largest absolute Gasteiger partial charge is 0.416 e. The minimum absolute atomic E-state index is 0.0129. The molecule has 2 aliphatic heterocycles. The normalized spacial score (nSPS) is 17.5. The van der Waals surface area contributed by atoms with E-state index in [-0.39, 0.29) is 18.3 Å². The molecule has 0 radical (unpaired) electrons. The van der Waals surface area contributed by atoms with Crippen molar-refractivity contribution < 1.29 is 22.4 Å². The van der Waals surface area contributed by atoms with E-state index >= 15 is 0 Å². The molecule has 1 aromatic heterocycles. The van der Waals surface area contributed by atoms with E-state index in [1.807, 2.05) is 9.80 Å². The fourth-order valence-corrected chi connectivity index (χ4v) is 4.73. The summed E-state index contributed by atoms with van der Waals surface area (Å²) in [6.45, 7) is 3.62. The monoisotopic (exact) mass is 460 g/mol. The van der Waals surface area contributed by atoms with E-state index in [1.54, 1.807) is 17.0 Å². The number of nitrogens with one attached hydrogen (secondary N) is 1. The fraction of sp³-hybridized carbons (Fsp3) is 0.375. The van der Waals surface area contributed by atoms with Crippen LogP contribution < -0.4 is 4.90 Å². The van der Waals surface area contributed by atoms with Gasteiger partial charge < -0.3 is 14.8 Å². The topological polar surface area (TPSA) is 42.6 Å². The Labute approximate surface area is 188 Å². The summed E-state index contributed by atoms with van der Waals surface area (Å²) in [5.41, 5.74) is 2.79. The van der Waals surface area contributed by atoms with Crippen LogP contribution in [0.15, 0.2) is 42.5 Å². The van der Waals surface area contributed by atoms with Gasteiger partial charge in [0.15, 0.2) is 0 Å². The molecule has 3 aromatic rings. The van der Waals surface area contributed by atoms with Crippen LogP contribution in [0.4, 0.5) is 23.2 Å². The van der Waals surface area contributed by atoms with E-state index < -0.39 is 11.7 Å². The van der Waals surface area contributed by atoms with Gasteiger partial charge in [0.05, 0.1) is 12.1 Å². The van der Waals surface area contributed by atoms with Crippen molar-refractivity contribution in [1.29, 1.82) is 0 Å². The van der Waals surface area contributed by atoms with Gasteiger partial charge in [-0.15, -0.1) is 0 Å². The van der Waals surface area contributed by atoms with Crippen molar-refractivity contribution in [1.82, 2.24) is 14.8 Å². The zero-order valence-corrected chi connectivity index (χ0v) is 18.0. The molecule has 5 nitrogen and oxygen atoms in total. The van der Waals surface area contributed by atoms with Gasteiger partial charge in [0.25, 0.3) is 0 Å². The van der Waals surface area contributed by atoms with Gasteiger partial charge in [0, 0.05) is 73.5 Å². The van der Waals surface area contributed by atoms with Crippen LogP contribution in [0.2, 0.25) is 0 Å². The molecule has 174 valence electrons. The lowest BCUT2D eigenvalue weighted by molar-refractivity contribution is -0.137. The Morgan fingerprint density at radius 3 is 2.55 bits per heavy atom. The molecular weight excluding hydrogens is 436 g/mol. The molecule has 1 fully saturated rings. The summed E-state index contributed by atoms with van der Waals surface area (Å²) in [7, 11) is 0.